The zero-order chi connectivity index (χ0) is 16.1. The summed E-state index contributed by atoms with van der Waals surface area (Å²) >= 11 is 0. The molecule has 0 spiro atoms. The van der Waals surface area contributed by atoms with Crippen LogP contribution < -0.4 is 0 Å². The molecular formula is C20H31N2O. The van der Waals surface area contributed by atoms with E-state index in [0.717, 1.165) is 38.8 Å². The molecule has 0 atom stereocenters. The second-order valence-electron chi connectivity index (χ2n) is 7.39. The van der Waals surface area contributed by atoms with E-state index in [1.54, 1.807) is 0 Å². The molecule has 0 bridgehead atoms. The molecule has 0 aromatic heterocycles. The lowest BCUT2D eigenvalue weighted by atomic mass is 9.88. The van der Waals surface area contributed by atoms with E-state index in [1.807, 2.05) is 0 Å². The van der Waals surface area contributed by atoms with Gasteiger partial charge in [0, 0.05) is 26.2 Å². The standard InChI is InChI=1S/C20H31N2O/c1-17(2)15-21-9-7-20(8-10-21)19-5-3-18(4-6-19)16-22-11-13-23-14-12-22/h3-6,20H,7-16H2,1-2H3. The first-order valence-corrected chi connectivity index (χ1v) is 9.11. The predicted molar refractivity (Wildman–Crippen MR) is 95.5 cm³/mol. The van der Waals surface area contributed by atoms with Crippen molar-refractivity contribution in [2.75, 3.05) is 45.9 Å². The first kappa shape index (κ1) is 16.9. The molecule has 0 amide bonds. The number of piperidine rings is 1. The fourth-order valence-corrected chi connectivity index (χ4v) is 3.78. The van der Waals surface area contributed by atoms with E-state index in [4.69, 9.17) is 4.74 Å². The van der Waals surface area contributed by atoms with E-state index >= 15 is 0 Å². The molecule has 1 aromatic rings. The maximum atomic E-state index is 5.42. The van der Waals surface area contributed by atoms with Crippen molar-refractivity contribution in [2.24, 2.45) is 0 Å². The van der Waals surface area contributed by atoms with Gasteiger partial charge in [0.15, 0.2) is 0 Å². The van der Waals surface area contributed by atoms with Gasteiger partial charge in [0.05, 0.1) is 13.2 Å². The van der Waals surface area contributed by atoms with Gasteiger partial charge in [0.2, 0.25) is 0 Å². The van der Waals surface area contributed by atoms with Crippen LogP contribution in [-0.4, -0.2) is 55.7 Å². The summed E-state index contributed by atoms with van der Waals surface area (Å²) in [5.74, 6) is 2.27. The summed E-state index contributed by atoms with van der Waals surface area (Å²) in [7, 11) is 0. The Morgan fingerprint density at radius 2 is 1.61 bits per heavy atom. The maximum Gasteiger partial charge on any atom is 0.0594 e. The van der Waals surface area contributed by atoms with Crippen LogP contribution in [0.4, 0.5) is 0 Å². The van der Waals surface area contributed by atoms with Gasteiger partial charge in [-0.1, -0.05) is 38.1 Å². The van der Waals surface area contributed by atoms with Crippen molar-refractivity contribution in [1.29, 1.82) is 0 Å². The second kappa shape index (κ2) is 8.27. The number of benzene rings is 1. The molecule has 0 aliphatic carbocycles. The Kier molecular flexibility index (Phi) is 6.09. The summed E-state index contributed by atoms with van der Waals surface area (Å²) in [6.45, 7) is 13.1. The Morgan fingerprint density at radius 1 is 0.957 bits per heavy atom. The zero-order valence-corrected chi connectivity index (χ0v) is 14.8. The summed E-state index contributed by atoms with van der Waals surface area (Å²) in [5, 5.41) is 0. The molecular weight excluding hydrogens is 284 g/mol. The molecule has 23 heavy (non-hydrogen) atoms. The Morgan fingerprint density at radius 3 is 2.22 bits per heavy atom. The lowest BCUT2D eigenvalue weighted by Gasteiger charge is -2.33. The average Bonchev–Trinajstić information content (AvgIpc) is 2.57. The molecule has 3 heteroatoms. The molecule has 2 saturated heterocycles. The fraction of sp³-hybridized carbons (Fsp3) is 0.650. The Bertz CT molecular complexity index is 457. The van der Waals surface area contributed by atoms with E-state index in [0.29, 0.717) is 0 Å². The van der Waals surface area contributed by atoms with E-state index in [2.05, 4.69) is 47.9 Å². The number of nitrogens with zero attached hydrogens (tertiary/aromatic N) is 2. The topological polar surface area (TPSA) is 15.7 Å². The van der Waals surface area contributed by atoms with E-state index in [9.17, 15) is 0 Å². The van der Waals surface area contributed by atoms with Crippen molar-refractivity contribution < 1.29 is 4.74 Å². The molecule has 3 rings (SSSR count). The normalized spacial score (nSPS) is 21.9. The van der Waals surface area contributed by atoms with E-state index in [-0.39, 0.29) is 0 Å². The average molecular weight is 315 g/mol. The lowest BCUT2D eigenvalue weighted by molar-refractivity contribution is 0.0342. The van der Waals surface area contributed by atoms with E-state index in [1.165, 1.54) is 49.5 Å². The smallest absolute Gasteiger partial charge is 0.0594 e. The van der Waals surface area contributed by atoms with Crippen LogP contribution >= 0.6 is 0 Å². The van der Waals surface area contributed by atoms with Crippen LogP contribution in [0.2, 0.25) is 0 Å². The molecule has 1 aromatic carbocycles. The highest BCUT2D eigenvalue weighted by molar-refractivity contribution is 5.26. The summed E-state index contributed by atoms with van der Waals surface area (Å²) < 4.78 is 5.42. The molecule has 3 nitrogen and oxygen atoms in total. The monoisotopic (exact) mass is 315 g/mol. The molecule has 0 unspecified atom stereocenters. The number of ether oxygens (including phenoxy) is 1. The van der Waals surface area contributed by atoms with Crippen LogP contribution in [0.15, 0.2) is 24.3 Å². The van der Waals surface area contributed by atoms with Crippen molar-refractivity contribution in [3.63, 3.8) is 0 Å². The van der Waals surface area contributed by atoms with Crippen molar-refractivity contribution in [3.05, 3.63) is 41.3 Å². The van der Waals surface area contributed by atoms with Gasteiger partial charge in [-0.05, 0) is 48.9 Å². The number of hydrogen-bond acceptors (Lipinski definition) is 3. The lowest BCUT2D eigenvalue weighted by Crippen LogP contribution is -2.35. The van der Waals surface area contributed by atoms with Crippen molar-refractivity contribution in [2.45, 2.75) is 39.2 Å². The highest BCUT2D eigenvalue weighted by Crippen LogP contribution is 2.28. The SMILES string of the molecule is C[C](C)CN1CCC(c2ccc(CN3CCOCC3)cc2)CC1. The van der Waals surface area contributed by atoms with Crippen LogP contribution in [0.3, 0.4) is 0 Å². The van der Waals surface area contributed by atoms with Gasteiger partial charge in [-0.2, -0.15) is 0 Å². The Labute approximate surface area is 141 Å². The van der Waals surface area contributed by atoms with Crippen molar-refractivity contribution in [3.8, 4) is 0 Å². The third kappa shape index (κ3) is 5.03. The predicted octanol–water partition coefficient (Wildman–Crippen LogP) is 3.31. The van der Waals surface area contributed by atoms with Crippen LogP contribution in [0.5, 0.6) is 0 Å². The van der Waals surface area contributed by atoms with Crippen molar-refractivity contribution >= 4 is 0 Å². The third-order valence-corrected chi connectivity index (χ3v) is 5.09. The summed E-state index contributed by atoms with van der Waals surface area (Å²) in [5.41, 5.74) is 2.97. The number of likely N-dealkylation sites (tertiary alicyclic amines) is 1. The second-order valence-corrected chi connectivity index (χ2v) is 7.39. The van der Waals surface area contributed by atoms with Crippen LogP contribution in [-0.2, 0) is 11.3 Å². The Hall–Kier alpha value is -0.900. The third-order valence-electron chi connectivity index (χ3n) is 5.09. The molecule has 1 radical (unpaired) electrons. The molecule has 2 aliphatic rings. The molecule has 2 fully saturated rings. The highest BCUT2D eigenvalue weighted by Gasteiger charge is 2.21. The molecule has 2 heterocycles. The minimum absolute atomic E-state index is 0.751. The van der Waals surface area contributed by atoms with Gasteiger partial charge >= 0.3 is 0 Å². The number of rotatable bonds is 5. The van der Waals surface area contributed by atoms with Gasteiger partial charge in [0.25, 0.3) is 0 Å². The quantitative estimate of drug-likeness (QED) is 0.829. The minimum atomic E-state index is 0.751. The van der Waals surface area contributed by atoms with Gasteiger partial charge in [0.1, 0.15) is 0 Å². The number of hydrogen-bond donors (Lipinski definition) is 0. The summed E-state index contributed by atoms with van der Waals surface area (Å²) in [6, 6.07) is 9.41. The Balaban J connectivity index is 1.49. The minimum Gasteiger partial charge on any atom is -0.379 e. The van der Waals surface area contributed by atoms with Gasteiger partial charge in [-0.15, -0.1) is 0 Å². The largest absolute Gasteiger partial charge is 0.379 e. The molecule has 0 N–H and O–H groups in total. The molecule has 127 valence electrons. The first-order valence-electron chi connectivity index (χ1n) is 9.11. The van der Waals surface area contributed by atoms with Gasteiger partial charge in [-0.25, -0.2) is 0 Å². The van der Waals surface area contributed by atoms with Gasteiger partial charge in [-0.3, -0.25) is 4.90 Å². The molecule has 0 saturated carbocycles. The van der Waals surface area contributed by atoms with Crippen LogP contribution in [0.25, 0.3) is 0 Å². The van der Waals surface area contributed by atoms with Crippen LogP contribution in [0.1, 0.15) is 43.7 Å². The number of morpholine rings is 1. The van der Waals surface area contributed by atoms with Crippen LogP contribution in [0, 0.1) is 5.92 Å². The van der Waals surface area contributed by atoms with Crippen molar-refractivity contribution in [1.82, 2.24) is 9.80 Å². The molecule has 2 aliphatic heterocycles. The first-order chi connectivity index (χ1) is 11.2. The zero-order valence-electron chi connectivity index (χ0n) is 14.8. The summed E-state index contributed by atoms with van der Waals surface area (Å²) in [6.07, 6.45) is 2.60. The summed E-state index contributed by atoms with van der Waals surface area (Å²) in [4.78, 5) is 5.08. The highest BCUT2D eigenvalue weighted by atomic mass is 16.5. The maximum absolute atomic E-state index is 5.42. The van der Waals surface area contributed by atoms with Gasteiger partial charge < -0.3 is 9.64 Å². The van der Waals surface area contributed by atoms with E-state index < -0.39 is 0 Å². The fourth-order valence-electron chi connectivity index (χ4n) is 3.78.